The first-order valence-electron chi connectivity index (χ1n) is 10.5. The number of rotatable bonds is 5. The van der Waals surface area contributed by atoms with Crippen LogP contribution in [0, 0.1) is 5.92 Å². The van der Waals surface area contributed by atoms with E-state index in [0.717, 1.165) is 25.1 Å². The maximum absolute atomic E-state index is 12.9. The summed E-state index contributed by atoms with van der Waals surface area (Å²) >= 11 is 0. The Balaban J connectivity index is 1.56. The van der Waals surface area contributed by atoms with E-state index in [1.807, 2.05) is 20.8 Å². The largest absolute Gasteiger partial charge is 0.444 e. The second-order valence-corrected chi connectivity index (χ2v) is 9.02. The Hall–Kier alpha value is -2.24. The summed E-state index contributed by atoms with van der Waals surface area (Å²) in [7, 11) is 0. The maximum atomic E-state index is 12.9. The zero-order valence-electron chi connectivity index (χ0n) is 17.3. The van der Waals surface area contributed by atoms with Crippen LogP contribution in [0.25, 0.3) is 0 Å². The Morgan fingerprint density at radius 1 is 0.964 bits per heavy atom. The predicted molar refractivity (Wildman–Crippen MR) is 112 cm³/mol. The van der Waals surface area contributed by atoms with Crippen LogP contribution in [0.1, 0.15) is 65.7 Å². The minimum atomic E-state index is -0.540. The van der Waals surface area contributed by atoms with Crippen LogP contribution in [-0.2, 0) is 4.74 Å². The first-order chi connectivity index (χ1) is 13.3. The summed E-state index contributed by atoms with van der Waals surface area (Å²) < 4.78 is 5.25. The van der Waals surface area contributed by atoms with Crippen molar-refractivity contribution < 1.29 is 14.3 Å². The van der Waals surface area contributed by atoms with Crippen LogP contribution in [0.2, 0.25) is 0 Å². The van der Waals surface area contributed by atoms with Gasteiger partial charge in [0, 0.05) is 24.0 Å². The zero-order valence-corrected chi connectivity index (χ0v) is 17.3. The van der Waals surface area contributed by atoms with Gasteiger partial charge < -0.3 is 15.0 Å². The lowest BCUT2D eigenvalue weighted by atomic mass is 9.94. The SMILES string of the molecule is CC(C)(C)OC(=O)Nc1ccc(NC(=O)N(CC2CC2)C2CCCCC2)cc1. The first kappa shape index (κ1) is 20.5. The van der Waals surface area contributed by atoms with Crippen LogP contribution in [-0.4, -0.2) is 35.2 Å². The molecule has 0 spiro atoms. The highest BCUT2D eigenvalue weighted by Gasteiger charge is 2.31. The topological polar surface area (TPSA) is 70.7 Å². The fourth-order valence-electron chi connectivity index (χ4n) is 3.62. The smallest absolute Gasteiger partial charge is 0.412 e. The lowest BCUT2D eigenvalue weighted by Crippen LogP contribution is -2.45. The number of carbonyl (C=O) groups is 2. The van der Waals surface area contributed by atoms with Gasteiger partial charge in [-0.05, 0) is 76.6 Å². The number of anilines is 2. The van der Waals surface area contributed by atoms with Gasteiger partial charge in [0.05, 0.1) is 0 Å². The molecule has 6 heteroatoms. The fraction of sp³-hybridized carbons (Fsp3) is 0.636. The monoisotopic (exact) mass is 387 g/mol. The van der Waals surface area contributed by atoms with Gasteiger partial charge >= 0.3 is 12.1 Å². The van der Waals surface area contributed by atoms with Crippen LogP contribution < -0.4 is 10.6 Å². The number of urea groups is 1. The molecule has 0 heterocycles. The highest BCUT2D eigenvalue weighted by molar-refractivity contribution is 5.90. The van der Waals surface area contributed by atoms with E-state index in [4.69, 9.17) is 4.74 Å². The molecule has 2 saturated carbocycles. The third-order valence-corrected chi connectivity index (χ3v) is 5.21. The van der Waals surface area contributed by atoms with Gasteiger partial charge in [-0.3, -0.25) is 5.32 Å². The lowest BCUT2D eigenvalue weighted by Gasteiger charge is -2.34. The number of hydrogen-bond acceptors (Lipinski definition) is 3. The molecule has 0 bridgehead atoms. The molecule has 0 atom stereocenters. The summed E-state index contributed by atoms with van der Waals surface area (Å²) in [4.78, 5) is 26.8. The predicted octanol–water partition coefficient (Wildman–Crippen LogP) is 5.61. The standard InChI is InChI=1S/C22H33N3O3/c1-22(2,3)28-21(27)24-18-13-11-17(12-14-18)23-20(26)25(15-16-9-10-16)19-7-5-4-6-8-19/h11-14,16,19H,4-10,15H2,1-3H3,(H,23,26)(H,24,27). The molecule has 0 radical (unpaired) electrons. The summed E-state index contributed by atoms with van der Waals surface area (Å²) in [5, 5.41) is 5.74. The summed E-state index contributed by atoms with van der Waals surface area (Å²) in [6.45, 7) is 6.34. The number of carbonyl (C=O) groups excluding carboxylic acids is 2. The second-order valence-electron chi connectivity index (χ2n) is 9.02. The summed E-state index contributed by atoms with van der Waals surface area (Å²) in [5.74, 6) is 0.674. The van der Waals surface area contributed by atoms with Crippen LogP contribution in [0.15, 0.2) is 24.3 Å². The Morgan fingerprint density at radius 3 is 2.07 bits per heavy atom. The van der Waals surface area contributed by atoms with Gasteiger partial charge in [0.15, 0.2) is 0 Å². The normalized spacial score (nSPS) is 17.7. The Bertz CT molecular complexity index is 671. The van der Waals surface area contributed by atoms with Crippen molar-refractivity contribution in [2.75, 3.05) is 17.2 Å². The van der Waals surface area contributed by atoms with E-state index >= 15 is 0 Å². The minimum absolute atomic E-state index is 0.00773. The maximum Gasteiger partial charge on any atom is 0.412 e. The third-order valence-electron chi connectivity index (χ3n) is 5.21. The third kappa shape index (κ3) is 6.43. The average Bonchev–Trinajstić information content (AvgIpc) is 3.44. The molecule has 28 heavy (non-hydrogen) atoms. The van der Waals surface area contributed by atoms with Crippen LogP contribution in [0.3, 0.4) is 0 Å². The van der Waals surface area contributed by atoms with Gasteiger partial charge in [0.2, 0.25) is 0 Å². The van der Waals surface area contributed by atoms with Crippen molar-refractivity contribution in [2.45, 2.75) is 77.4 Å². The van der Waals surface area contributed by atoms with E-state index in [9.17, 15) is 9.59 Å². The molecule has 0 unspecified atom stereocenters. The van der Waals surface area contributed by atoms with Crippen LogP contribution >= 0.6 is 0 Å². The molecular weight excluding hydrogens is 354 g/mol. The molecule has 1 aromatic carbocycles. The highest BCUT2D eigenvalue weighted by atomic mass is 16.6. The van der Waals surface area contributed by atoms with Gasteiger partial charge in [-0.1, -0.05) is 19.3 Å². The molecule has 2 aliphatic rings. The van der Waals surface area contributed by atoms with Crippen molar-refractivity contribution in [2.24, 2.45) is 5.92 Å². The summed E-state index contributed by atoms with van der Waals surface area (Å²) in [6, 6.07) is 7.51. The first-order valence-corrected chi connectivity index (χ1v) is 10.5. The quantitative estimate of drug-likeness (QED) is 0.690. The minimum Gasteiger partial charge on any atom is -0.444 e. The molecule has 2 fully saturated rings. The summed E-state index contributed by atoms with van der Waals surface area (Å²) in [5.41, 5.74) is 0.827. The Kier molecular flexibility index (Phi) is 6.47. The van der Waals surface area contributed by atoms with Gasteiger partial charge in [-0.25, -0.2) is 9.59 Å². The molecule has 0 saturated heterocycles. The molecule has 154 valence electrons. The van der Waals surface area contributed by atoms with E-state index in [1.165, 1.54) is 32.1 Å². The molecule has 3 amide bonds. The van der Waals surface area contributed by atoms with Gasteiger partial charge in [0.1, 0.15) is 5.60 Å². The molecule has 0 aromatic heterocycles. The fourth-order valence-corrected chi connectivity index (χ4v) is 3.62. The zero-order chi connectivity index (χ0) is 20.1. The van der Waals surface area contributed by atoms with Crippen LogP contribution in [0.5, 0.6) is 0 Å². The molecular formula is C22H33N3O3. The number of benzene rings is 1. The molecule has 2 aliphatic carbocycles. The van der Waals surface area contributed by atoms with E-state index < -0.39 is 11.7 Å². The summed E-state index contributed by atoms with van der Waals surface area (Å²) in [6.07, 6.45) is 7.91. The number of nitrogens with one attached hydrogen (secondary N) is 2. The van der Waals surface area contributed by atoms with Gasteiger partial charge in [0.25, 0.3) is 0 Å². The van der Waals surface area contributed by atoms with Gasteiger partial charge in [-0.15, -0.1) is 0 Å². The molecule has 3 rings (SSSR count). The Labute approximate surface area is 168 Å². The Morgan fingerprint density at radius 2 is 1.54 bits per heavy atom. The average molecular weight is 388 g/mol. The van der Waals surface area contributed by atoms with E-state index in [0.29, 0.717) is 17.6 Å². The van der Waals surface area contributed by atoms with Crippen molar-refractivity contribution in [1.29, 1.82) is 0 Å². The molecule has 1 aromatic rings. The van der Waals surface area contributed by atoms with Crippen molar-refractivity contribution in [1.82, 2.24) is 4.90 Å². The number of ether oxygens (including phenoxy) is 1. The molecule has 0 aliphatic heterocycles. The van der Waals surface area contributed by atoms with Crippen molar-refractivity contribution in [3.63, 3.8) is 0 Å². The van der Waals surface area contributed by atoms with Crippen molar-refractivity contribution in [3.05, 3.63) is 24.3 Å². The van der Waals surface area contributed by atoms with Crippen molar-refractivity contribution in [3.8, 4) is 0 Å². The molecule has 6 nitrogen and oxygen atoms in total. The second kappa shape index (κ2) is 8.84. The van der Waals surface area contributed by atoms with Crippen molar-refractivity contribution >= 4 is 23.5 Å². The highest BCUT2D eigenvalue weighted by Crippen LogP contribution is 2.33. The van der Waals surface area contributed by atoms with Crippen LogP contribution in [0.4, 0.5) is 21.0 Å². The number of nitrogens with zero attached hydrogens (tertiary/aromatic N) is 1. The van der Waals surface area contributed by atoms with E-state index in [1.54, 1.807) is 24.3 Å². The van der Waals surface area contributed by atoms with Gasteiger partial charge in [-0.2, -0.15) is 0 Å². The van der Waals surface area contributed by atoms with E-state index in [-0.39, 0.29) is 6.03 Å². The van der Waals surface area contributed by atoms with E-state index in [2.05, 4.69) is 15.5 Å². The number of hydrogen-bond donors (Lipinski definition) is 2. The number of amides is 3. The molecule has 2 N–H and O–H groups in total. The lowest BCUT2D eigenvalue weighted by molar-refractivity contribution is 0.0636.